The van der Waals surface area contributed by atoms with E-state index in [0.717, 1.165) is 25.3 Å². The van der Waals surface area contributed by atoms with Crippen molar-refractivity contribution in [3.63, 3.8) is 0 Å². The molecule has 1 unspecified atom stereocenters. The minimum atomic E-state index is 0.386. The van der Waals surface area contributed by atoms with Gasteiger partial charge < -0.3 is 10.1 Å². The molecule has 0 radical (unpaired) electrons. The molecule has 0 bridgehead atoms. The van der Waals surface area contributed by atoms with Gasteiger partial charge in [-0.15, -0.1) is 0 Å². The predicted molar refractivity (Wildman–Crippen MR) is 85.5 cm³/mol. The average Bonchev–Trinajstić information content (AvgIpc) is 2.83. The molecule has 1 atom stereocenters. The third kappa shape index (κ3) is 4.24. The van der Waals surface area contributed by atoms with E-state index >= 15 is 0 Å². The highest BCUT2D eigenvalue weighted by molar-refractivity contribution is 5.39. The number of aryl methyl sites for hydroxylation is 1. The Morgan fingerprint density at radius 2 is 2.15 bits per heavy atom. The van der Waals surface area contributed by atoms with Crippen LogP contribution in [0.25, 0.3) is 0 Å². The largest absolute Gasteiger partial charge is 0.493 e. The molecule has 2 heteroatoms. The van der Waals surface area contributed by atoms with Crippen LogP contribution in [-0.2, 0) is 12.8 Å². The molecule has 0 aliphatic carbocycles. The molecule has 0 amide bonds. The van der Waals surface area contributed by atoms with Gasteiger partial charge in [0.15, 0.2) is 0 Å². The molecule has 0 aromatic heterocycles. The smallest absolute Gasteiger partial charge is 0.122 e. The average molecular weight is 275 g/mol. The molecule has 0 spiro atoms. The second-order valence-electron chi connectivity index (χ2n) is 6.87. The molecule has 1 aliphatic heterocycles. The van der Waals surface area contributed by atoms with E-state index in [1.54, 1.807) is 0 Å². The minimum Gasteiger partial charge on any atom is -0.493 e. The molecule has 0 saturated heterocycles. The summed E-state index contributed by atoms with van der Waals surface area (Å²) in [7, 11) is 0. The number of benzene rings is 1. The number of fused-ring (bicyclic) bond motifs is 1. The van der Waals surface area contributed by atoms with E-state index < -0.39 is 0 Å². The van der Waals surface area contributed by atoms with Crippen molar-refractivity contribution < 1.29 is 4.74 Å². The lowest BCUT2D eigenvalue weighted by molar-refractivity contribution is 0.270. The highest BCUT2D eigenvalue weighted by Crippen LogP contribution is 2.31. The third-order valence-corrected chi connectivity index (χ3v) is 4.26. The quantitative estimate of drug-likeness (QED) is 0.813. The summed E-state index contributed by atoms with van der Waals surface area (Å²) >= 11 is 0. The molecule has 2 rings (SSSR count). The molecular formula is C18H29NO. The van der Waals surface area contributed by atoms with Gasteiger partial charge in [0.05, 0.1) is 6.61 Å². The molecule has 20 heavy (non-hydrogen) atoms. The molecule has 1 aromatic rings. The topological polar surface area (TPSA) is 21.3 Å². The van der Waals surface area contributed by atoms with Gasteiger partial charge in [-0.05, 0) is 55.3 Å². The van der Waals surface area contributed by atoms with E-state index in [4.69, 9.17) is 4.74 Å². The number of hydrogen-bond acceptors (Lipinski definition) is 2. The molecule has 0 saturated carbocycles. The van der Waals surface area contributed by atoms with Crippen molar-refractivity contribution in [1.29, 1.82) is 0 Å². The highest BCUT2D eigenvalue weighted by Gasteiger charge is 2.21. The Balaban J connectivity index is 1.87. The number of hydrogen-bond donors (Lipinski definition) is 1. The zero-order valence-corrected chi connectivity index (χ0v) is 13.5. The summed E-state index contributed by atoms with van der Waals surface area (Å²) in [5.74, 6) is 1.09. The zero-order chi connectivity index (χ0) is 14.6. The van der Waals surface area contributed by atoms with E-state index in [-0.39, 0.29) is 0 Å². The van der Waals surface area contributed by atoms with Gasteiger partial charge in [-0.2, -0.15) is 0 Å². The first-order valence-electron chi connectivity index (χ1n) is 7.98. The lowest BCUT2D eigenvalue weighted by Crippen LogP contribution is -2.31. The van der Waals surface area contributed by atoms with Crippen molar-refractivity contribution in [3.8, 4) is 5.75 Å². The Labute approximate surface area is 123 Å². The molecule has 1 N–H and O–H groups in total. The Hall–Kier alpha value is -1.02. The Morgan fingerprint density at radius 3 is 2.90 bits per heavy atom. The van der Waals surface area contributed by atoms with E-state index in [1.807, 2.05) is 0 Å². The zero-order valence-electron chi connectivity index (χ0n) is 13.5. The van der Waals surface area contributed by atoms with Gasteiger partial charge in [0, 0.05) is 12.5 Å². The maximum absolute atomic E-state index is 5.57. The number of rotatable bonds is 7. The molecule has 0 fully saturated rings. The van der Waals surface area contributed by atoms with Gasteiger partial charge in [0.2, 0.25) is 0 Å². The predicted octanol–water partition coefficient (Wildman–Crippen LogP) is 3.97. The Bertz CT molecular complexity index is 439. The summed E-state index contributed by atoms with van der Waals surface area (Å²) in [6.45, 7) is 11.1. The lowest BCUT2D eigenvalue weighted by Gasteiger charge is -2.28. The Kier molecular flexibility index (Phi) is 5.09. The van der Waals surface area contributed by atoms with Crippen molar-refractivity contribution in [2.24, 2.45) is 5.41 Å². The summed E-state index contributed by atoms with van der Waals surface area (Å²) in [4.78, 5) is 0. The van der Waals surface area contributed by atoms with Gasteiger partial charge >= 0.3 is 0 Å². The standard InChI is InChI=1S/C18H29NO/c1-5-19-14(2)13-18(3,4)10-8-15-6-7-17-16(12-15)9-11-20-17/h6-7,12,14,19H,5,8-11,13H2,1-4H3. The molecule has 1 aliphatic rings. The van der Waals surface area contributed by atoms with Crippen molar-refractivity contribution in [2.45, 2.75) is 59.4 Å². The number of ether oxygens (including phenoxy) is 1. The van der Waals surface area contributed by atoms with Gasteiger partial charge in [-0.25, -0.2) is 0 Å². The van der Waals surface area contributed by atoms with Crippen molar-refractivity contribution in [2.75, 3.05) is 13.2 Å². The second kappa shape index (κ2) is 6.62. The first kappa shape index (κ1) is 15.4. The first-order chi connectivity index (χ1) is 9.50. The van der Waals surface area contributed by atoms with Crippen LogP contribution in [0, 0.1) is 5.41 Å². The van der Waals surface area contributed by atoms with Crippen LogP contribution in [0.5, 0.6) is 5.75 Å². The fraction of sp³-hybridized carbons (Fsp3) is 0.667. The van der Waals surface area contributed by atoms with E-state index in [0.29, 0.717) is 11.5 Å². The van der Waals surface area contributed by atoms with Gasteiger partial charge in [-0.3, -0.25) is 0 Å². The van der Waals surface area contributed by atoms with Crippen LogP contribution in [0.1, 0.15) is 51.7 Å². The van der Waals surface area contributed by atoms with Crippen molar-refractivity contribution in [3.05, 3.63) is 29.3 Å². The Morgan fingerprint density at radius 1 is 1.35 bits per heavy atom. The fourth-order valence-corrected chi connectivity index (χ4v) is 3.23. The summed E-state index contributed by atoms with van der Waals surface area (Å²) in [6, 6.07) is 7.31. The highest BCUT2D eigenvalue weighted by atomic mass is 16.5. The molecule has 112 valence electrons. The van der Waals surface area contributed by atoms with Crippen LogP contribution in [0.3, 0.4) is 0 Å². The summed E-state index contributed by atoms with van der Waals surface area (Å²) in [5, 5.41) is 3.52. The van der Waals surface area contributed by atoms with Crippen LogP contribution < -0.4 is 10.1 Å². The lowest BCUT2D eigenvalue weighted by atomic mass is 9.80. The first-order valence-corrected chi connectivity index (χ1v) is 7.98. The van der Waals surface area contributed by atoms with Crippen molar-refractivity contribution in [1.82, 2.24) is 5.32 Å². The van der Waals surface area contributed by atoms with Crippen LogP contribution in [0.4, 0.5) is 0 Å². The molecule has 2 nitrogen and oxygen atoms in total. The maximum Gasteiger partial charge on any atom is 0.122 e. The van der Waals surface area contributed by atoms with Gasteiger partial charge in [-0.1, -0.05) is 32.9 Å². The summed E-state index contributed by atoms with van der Waals surface area (Å²) in [6.07, 6.45) is 4.71. The minimum absolute atomic E-state index is 0.386. The summed E-state index contributed by atoms with van der Waals surface area (Å²) < 4.78 is 5.57. The third-order valence-electron chi connectivity index (χ3n) is 4.26. The van der Waals surface area contributed by atoms with Crippen LogP contribution in [0.2, 0.25) is 0 Å². The van der Waals surface area contributed by atoms with Crippen molar-refractivity contribution >= 4 is 0 Å². The fourth-order valence-electron chi connectivity index (χ4n) is 3.23. The van der Waals surface area contributed by atoms with E-state index in [1.165, 1.54) is 30.4 Å². The van der Waals surface area contributed by atoms with Crippen LogP contribution >= 0.6 is 0 Å². The van der Waals surface area contributed by atoms with E-state index in [2.05, 4.69) is 51.2 Å². The maximum atomic E-state index is 5.57. The SMILES string of the molecule is CCNC(C)CC(C)(C)CCc1ccc2c(c1)CCO2. The van der Waals surface area contributed by atoms with Gasteiger partial charge in [0.25, 0.3) is 0 Å². The van der Waals surface area contributed by atoms with Crippen LogP contribution in [0.15, 0.2) is 18.2 Å². The monoisotopic (exact) mass is 275 g/mol. The second-order valence-corrected chi connectivity index (χ2v) is 6.87. The number of nitrogens with one attached hydrogen (secondary N) is 1. The van der Waals surface area contributed by atoms with Gasteiger partial charge in [0.1, 0.15) is 5.75 Å². The van der Waals surface area contributed by atoms with Crippen LogP contribution in [-0.4, -0.2) is 19.2 Å². The molecular weight excluding hydrogens is 246 g/mol. The normalized spacial score (nSPS) is 15.8. The summed E-state index contributed by atoms with van der Waals surface area (Å²) in [5.41, 5.74) is 3.23. The van der Waals surface area contributed by atoms with E-state index in [9.17, 15) is 0 Å². The molecule has 1 aromatic carbocycles. The molecule has 1 heterocycles.